The number of pyridine rings is 1. The molecule has 0 bridgehead atoms. The summed E-state index contributed by atoms with van der Waals surface area (Å²) in [5.41, 5.74) is 3.17. The van der Waals surface area contributed by atoms with Gasteiger partial charge in [0.1, 0.15) is 5.82 Å². The van der Waals surface area contributed by atoms with Crippen LogP contribution in [0.15, 0.2) is 24.5 Å². The molecule has 0 radical (unpaired) electrons. The highest BCUT2D eigenvalue weighted by atomic mass is 16.2. The fraction of sp³-hybridized carbons (Fsp3) is 0.625. The number of amides is 1. The summed E-state index contributed by atoms with van der Waals surface area (Å²) in [7, 11) is 4.13. The van der Waals surface area contributed by atoms with E-state index >= 15 is 0 Å². The predicted octanol–water partition coefficient (Wildman–Crippen LogP) is 3.37. The zero-order valence-electron chi connectivity index (χ0n) is 19.3. The summed E-state index contributed by atoms with van der Waals surface area (Å²) in [6, 6.07) is 4.72. The minimum Gasteiger partial charge on any atom is -0.353 e. The topological polar surface area (TPSA) is 57.5 Å². The van der Waals surface area contributed by atoms with Crippen LogP contribution < -0.4 is 4.90 Å². The summed E-state index contributed by atoms with van der Waals surface area (Å²) in [6.45, 7) is 6.14. The number of carbonyl (C=O) groups is 1. The monoisotopic (exact) mass is 424 g/mol. The molecule has 31 heavy (non-hydrogen) atoms. The molecule has 1 saturated carbocycles. The molecule has 0 unspecified atom stereocenters. The van der Waals surface area contributed by atoms with Gasteiger partial charge >= 0.3 is 0 Å². The zero-order valence-corrected chi connectivity index (χ0v) is 19.3. The summed E-state index contributed by atoms with van der Waals surface area (Å²) in [4.78, 5) is 24.4. The molecule has 3 heterocycles. The van der Waals surface area contributed by atoms with Crippen molar-refractivity contribution < 1.29 is 4.79 Å². The van der Waals surface area contributed by atoms with E-state index in [0.29, 0.717) is 6.04 Å². The van der Waals surface area contributed by atoms with Crippen molar-refractivity contribution in [2.75, 3.05) is 45.2 Å². The van der Waals surface area contributed by atoms with Crippen molar-refractivity contribution in [2.45, 2.75) is 58.0 Å². The molecule has 2 aromatic rings. The van der Waals surface area contributed by atoms with E-state index in [-0.39, 0.29) is 5.91 Å². The van der Waals surface area contributed by atoms with Gasteiger partial charge < -0.3 is 14.7 Å². The highest BCUT2D eigenvalue weighted by Gasteiger charge is 2.28. The molecule has 1 amide bonds. The van der Waals surface area contributed by atoms with Gasteiger partial charge in [0.05, 0.1) is 23.5 Å². The zero-order chi connectivity index (χ0) is 21.8. The molecule has 168 valence electrons. The first-order chi connectivity index (χ1) is 15.1. The van der Waals surface area contributed by atoms with Crippen molar-refractivity contribution in [1.29, 1.82) is 0 Å². The Labute approximate surface area is 186 Å². The summed E-state index contributed by atoms with van der Waals surface area (Å²) >= 11 is 0. The maximum atomic E-state index is 13.3. The number of anilines is 1. The predicted molar refractivity (Wildman–Crippen MR) is 123 cm³/mol. The van der Waals surface area contributed by atoms with Crippen LogP contribution in [0.2, 0.25) is 0 Å². The molecular weight excluding hydrogens is 388 g/mol. The molecule has 2 fully saturated rings. The normalized spacial score (nSPS) is 17.7. The average Bonchev–Trinajstić information content (AvgIpc) is 3.44. The summed E-state index contributed by atoms with van der Waals surface area (Å²) in [5, 5.41) is 4.67. The van der Waals surface area contributed by atoms with E-state index in [0.717, 1.165) is 62.6 Å². The molecule has 1 aliphatic carbocycles. The molecule has 0 atom stereocenters. The van der Waals surface area contributed by atoms with Crippen LogP contribution in [0.1, 0.15) is 66.7 Å². The molecule has 7 heteroatoms. The Morgan fingerprint density at radius 1 is 1.10 bits per heavy atom. The van der Waals surface area contributed by atoms with Gasteiger partial charge in [-0.3, -0.25) is 9.48 Å². The average molecular weight is 425 g/mol. The second-order valence-corrected chi connectivity index (χ2v) is 9.18. The SMILES string of the molecule is CCCc1c(C(=O)N2CCN(c3ccc(CN(C)C)cn3)CC2)cnn1C1CCCC1. The smallest absolute Gasteiger partial charge is 0.257 e. The van der Waals surface area contributed by atoms with Crippen LogP contribution in [0.25, 0.3) is 0 Å². The van der Waals surface area contributed by atoms with Crippen molar-refractivity contribution in [1.82, 2.24) is 24.6 Å². The largest absolute Gasteiger partial charge is 0.353 e. The lowest BCUT2D eigenvalue weighted by molar-refractivity contribution is 0.0745. The van der Waals surface area contributed by atoms with Crippen LogP contribution in [0, 0.1) is 0 Å². The Morgan fingerprint density at radius 2 is 1.84 bits per heavy atom. The molecule has 0 N–H and O–H groups in total. The van der Waals surface area contributed by atoms with Crippen molar-refractivity contribution in [3.8, 4) is 0 Å². The molecule has 2 aliphatic rings. The lowest BCUT2D eigenvalue weighted by Gasteiger charge is -2.35. The molecule has 1 saturated heterocycles. The van der Waals surface area contributed by atoms with Crippen molar-refractivity contribution >= 4 is 11.7 Å². The third kappa shape index (κ3) is 4.92. The van der Waals surface area contributed by atoms with Gasteiger partial charge in [0.15, 0.2) is 0 Å². The van der Waals surface area contributed by atoms with Gasteiger partial charge in [-0.25, -0.2) is 4.98 Å². The number of hydrogen-bond acceptors (Lipinski definition) is 5. The van der Waals surface area contributed by atoms with Gasteiger partial charge in [0.2, 0.25) is 0 Å². The summed E-state index contributed by atoms with van der Waals surface area (Å²) in [5.74, 6) is 1.14. The molecule has 0 aromatic carbocycles. The molecule has 0 spiro atoms. The van der Waals surface area contributed by atoms with Crippen LogP contribution >= 0.6 is 0 Å². The van der Waals surface area contributed by atoms with E-state index in [1.165, 1.54) is 31.2 Å². The van der Waals surface area contributed by atoms with Crippen LogP contribution in [-0.2, 0) is 13.0 Å². The number of aromatic nitrogens is 3. The number of hydrogen-bond donors (Lipinski definition) is 0. The van der Waals surface area contributed by atoms with E-state index in [4.69, 9.17) is 0 Å². The number of piperazine rings is 1. The Kier molecular flexibility index (Phi) is 6.90. The highest BCUT2D eigenvalue weighted by molar-refractivity contribution is 5.95. The standard InChI is InChI=1S/C24H36N6O/c1-4-7-22-21(17-26-30(22)20-8-5-6-9-20)24(31)29-14-12-28(13-15-29)23-11-10-19(16-25-23)18-27(2)3/h10-11,16-17,20H,4-9,12-15,18H2,1-3H3. The maximum absolute atomic E-state index is 13.3. The van der Waals surface area contributed by atoms with Crippen molar-refractivity contribution in [3.05, 3.63) is 41.3 Å². The van der Waals surface area contributed by atoms with E-state index in [1.54, 1.807) is 0 Å². The summed E-state index contributed by atoms with van der Waals surface area (Å²) in [6.07, 6.45) is 10.6. The minimum atomic E-state index is 0.140. The van der Waals surface area contributed by atoms with Crippen molar-refractivity contribution in [2.24, 2.45) is 0 Å². The number of rotatable bonds is 7. The molecule has 4 rings (SSSR count). The highest BCUT2D eigenvalue weighted by Crippen LogP contribution is 2.31. The van der Waals surface area contributed by atoms with Crippen LogP contribution in [0.3, 0.4) is 0 Å². The van der Waals surface area contributed by atoms with Gasteiger partial charge in [0, 0.05) is 38.9 Å². The van der Waals surface area contributed by atoms with E-state index in [9.17, 15) is 4.79 Å². The fourth-order valence-corrected chi connectivity index (χ4v) is 4.89. The van der Waals surface area contributed by atoms with E-state index in [2.05, 4.69) is 57.7 Å². The second-order valence-electron chi connectivity index (χ2n) is 9.18. The van der Waals surface area contributed by atoms with Gasteiger partial charge in [-0.1, -0.05) is 32.3 Å². The first-order valence-electron chi connectivity index (χ1n) is 11.8. The summed E-state index contributed by atoms with van der Waals surface area (Å²) < 4.78 is 2.17. The Morgan fingerprint density at radius 3 is 2.45 bits per heavy atom. The third-order valence-corrected chi connectivity index (χ3v) is 6.49. The lowest BCUT2D eigenvalue weighted by atomic mass is 10.1. The van der Waals surface area contributed by atoms with Gasteiger partial charge in [-0.2, -0.15) is 5.10 Å². The number of carbonyl (C=O) groups excluding carboxylic acids is 1. The fourth-order valence-electron chi connectivity index (χ4n) is 4.89. The maximum Gasteiger partial charge on any atom is 0.257 e. The Hall–Kier alpha value is -2.41. The van der Waals surface area contributed by atoms with Gasteiger partial charge in [-0.15, -0.1) is 0 Å². The Bertz CT molecular complexity index is 861. The minimum absolute atomic E-state index is 0.140. The van der Waals surface area contributed by atoms with Crippen molar-refractivity contribution in [3.63, 3.8) is 0 Å². The molecule has 7 nitrogen and oxygen atoms in total. The van der Waals surface area contributed by atoms with Gasteiger partial charge in [-0.05, 0) is 45.0 Å². The molecule has 1 aliphatic heterocycles. The first kappa shape index (κ1) is 21.8. The lowest BCUT2D eigenvalue weighted by Crippen LogP contribution is -2.49. The van der Waals surface area contributed by atoms with Crippen LogP contribution in [0.5, 0.6) is 0 Å². The van der Waals surface area contributed by atoms with E-state index in [1.807, 2.05) is 17.3 Å². The van der Waals surface area contributed by atoms with E-state index < -0.39 is 0 Å². The van der Waals surface area contributed by atoms with Gasteiger partial charge in [0.25, 0.3) is 5.91 Å². The quantitative estimate of drug-likeness (QED) is 0.682. The Balaban J connectivity index is 1.40. The molecule has 2 aromatic heterocycles. The second kappa shape index (κ2) is 9.81. The van der Waals surface area contributed by atoms with Crippen LogP contribution in [0.4, 0.5) is 5.82 Å². The van der Waals surface area contributed by atoms with Crippen LogP contribution in [-0.4, -0.2) is 70.7 Å². The third-order valence-electron chi connectivity index (χ3n) is 6.49. The molecular formula is C24H36N6O. The number of nitrogens with zero attached hydrogens (tertiary/aromatic N) is 6. The first-order valence-corrected chi connectivity index (χ1v) is 11.8.